The van der Waals surface area contributed by atoms with E-state index in [0.29, 0.717) is 6.04 Å². The smallest absolute Gasteiger partial charge is 0.0208 e. The Morgan fingerprint density at radius 2 is 2.24 bits per heavy atom. The Balaban J connectivity index is 1.87. The molecule has 0 aliphatic heterocycles. The van der Waals surface area contributed by atoms with Gasteiger partial charge in [0.15, 0.2) is 0 Å². The van der Waals surface area contributed by atoms with Gasteiger partial charge in [0.2, 0.25) is 0 Å². The highest BCUT2D eigenvalue weighted by Crippen LogP contribution is 2.40. The van der Waals surface area contributed by atoms with Crippen LogP contribution in [0.3, 0.4) is 0 Å². The summed E-state index contributed by atoms with van der Waals surface area (Å²) in [4.78, 5) is 0. The number of hydrogen-bond acceptors (Lipinski definition) is 2. The normalized spacial score (nSPS) is 17.1. The van der Waals surface area contributed by atoms with Crippen LogP contribution in [0, 0.1) is 0 Å². The Morgan fingerprint density at radius 1 is 1.41 bits per heavy atom. The van der Waals surface area contributed by atoms with E-state index >= 15 is 0 Å². The summed E-state index contributed by atoms with van der Waals surface area (Å²) in [5.41, 5.74) is 2.98. The summed E-state index contributed by atoms with van der Waals surface area (Å²) in [6, 6.07) is 9.76. The maximum Gasteiger partial charge on any atom is 0.0208 e. The molecule has 1 aromatic carbocycles. The minimum absolute atomic E-state index is 0.648. The van der Waals surface area contributed by atoms with Gasteiger partial charge >= 0.3 is 0 Å². The summed E-state index contributed by atoms with van der Waals surface area (Å²) in [6.45, 7) is 3.27. The van der Waals surface area contributed by atoms with E-state index in [1.54, 1.807) is 5.56 Å². The second-order valence-corrected chi connectivity index (χ2v) is 5.87. The van der Waals surface area contributed by atoms with Gasteiger partial charge in [0.1, 0.15) is 0 Å². The van der Waals surface area contributed by atoms with Gasteiger partial charge in [-0.1, -0.05) is 31.2 Å². The van der Waals surface area contributed by atoms with Gasteiger partial charge in [-0.15, -0.1) is 0 Å². The predicted molar refractivity (Wildman–Crippen MR) is 77.7 cm³/mol. The van der Waals surface area contributed by atoms with Gasteiger partial charge in [-0.2, -0.15) is 11.8 Å². The first-order valence-electron chi connectivity index (χ1n) is 6.64. The molecule has 1 aromatic rings. The Morgan fingerprint density at radius 3 is 2.88 bits per heavy atom. The van der Waals surface area contributed by atoms with Gasteiger partial charge in [0.25, 0.3) is 0 Å². The molecule has 0 aromatic heterocycles. The Bertz CT molecular complexity index is 347. The Hall–Kier alpha value is -0.470. The Kier molecular flexibility index (Phi) is 4.93. The van der Waals surface area contributed by atoms with Crippen molar-refractivity contribution in [1.82, 2.24) is 5.32 Å². The third-order valence-electron chi connectivity index (χ3n) is 3.46. The second kappa shape index (κ2) is 6.46. The molecule has 1 fully saturated rings. The zero-order valence-electron chi connectivity index (χ0n) is 10.9. The summed E-state index contributed by atoms with van der Waals surface area (Å²) in [5.74, 6) is 2.07. The van der Waals surface area contributed by atoms with Crippen molar-refractivity contribution in [3.8, 4) is 0 Å². The minimum atomic E-state index is 0.648. The molecule has 94 valence electrons. The molecule has 0 amide bonds. The van der Waals surface area contributed by atoms with Gasteiger partial charge in [-0.3, -0.25) is 0 Å². The molecule has 0 radical (unpaired) electrons. The second-order valence-electron chi connectivity index (χ2n) is 4.96. The molecule has 1 N–H and O–H groups in total. The zero-order valence-corrected chi connectivity index (χ0v) is 11.7. The molecular formula is C15H23NS. The highest BCUT2D eigenvalue weighted by molar-refractivity contribution is 7.98. The van der Waals surface area contributed by atoms with Gasteiger partial charge in [-0.25, -0.2) is 0 Å². The molecule has 1 aliphatic carbocycles. The van der Waals surface area contributed by atoms with Crippen LogP contribution in [0.5, 0.6) is 0 Å². The van der Waals surface area contributed by atoms with Crippen LogP contribution in [-0.4, -0.2) is 18.1 Å². The molecule has 0 spiro atoms. The molecule has 0 bridgehead atoms. The highest BCUT2D eigenvalue weighted by atomic mass is 32.2. The van der Waals surface area contributed by atoms with E-state index in [-0.39, 0.29) is 0 Å². The molecule has 1 saturated carbocycles. The molecule has 1 aliphatic rings. The summed E-state index contributed by atoms with van der Waals surface area (Å²) in [6.07, 6.45) is 6.17. The first-order valence-corrected chi connectivity index (χ1v) is 8.04. The van der Waals surface area contributed by atoms with E-state index in [9.17, 15) is 0 Å². The number of thioether (sulfide) groups is 1. The lowest BCUT2D eigenvalue weighted by Gasteiger charge is -2.16. The van der Waals surface area contributed by atoms with E-state index in [2.05, 4.69) is 42.8 Å². The Labute approximate surface area is 109 Å². The summed E-state index contributed by atoms with van der Waals surface area (Å²) in [5, 5.41) is 3.65. The zero-order chi connectivity index (χ0) is 12.1. The number of rotatable bonds is 7. The van der Waals surface area contributed by atoms with Crippen LogP contribution in [0.1, 0.15) is 43.2 Å². The van der Waals surface area contributed by atoms with Crippen molar-refractivity contribution in [2.75, 3.05) is 12.0 Å². The van der Waals surface area contributed by atoms with E-state index in [1.165, 1.54) is 30.6 Å². The van der Waals surface area contributed by atoms with Crippen LogP contribution in [0.2, 0.25) is 0 Å². The monoisotopic (exact) mass is 249 g/mol. The highest BCUT2D eigenvalue weighted by Gasteiger charge is 2.23. The van der Waals surface area contributed by atoms with Crippen LogP contribution < -0.4 is 5.32 Å². The van der Waals surface area contributed by atoms with Crippen molar-refractivity contribution in [2.45, 2.75) is 44.7 Å². The standard InChI is InChI=1S/C15H23NS/c1-3-15(11-17-2)16-10-12-5-4-6-14(9-12)13-7-8-13/h4-6,9,13,15-16H,3,7-8,10-11H2,1-2H3. The number of benzene rings is 1. The molecule has 1 unspecified atom stereocenters. The van der Waals surface area contributed by atoms with Crippen molar-refractivity contribution < 1.29 is 0 Å². The first-order chi connectivity index (χ1) is 8.33. The molecule has 1 atom stereocenters. The topological polar surface area (TPSA) is 12.0 Å². The van der Waals surface area contributed by atoms with Crippen molar-refractivity contribution >= 4 is 11.8 Å². The van der Waals surface area contributed by atoms with Crippen LogP contribution in [-0.2, 0) is 6.54 Å². The molecule has 2 rings (SSSR count). The maximum absolute atomic E-state index is 3.65. The molecule has 1 nitrogen and oxygen atoms in total. The van der Waals surface area contributed by atoms with Crippen LogP contribution in [0.4, 0.5) is 0 Å². The van der Waals surface area contributed by atoms with Gasteiger partial charge < -0.3 is 5.32 Å². The van der Waals surface area contributed by atoms with E-state index in [4.69, 9.17) is 0 Å². The fourth-order valence-corrected chi connectivity index (χ4v) is 2.91. The summed E-state index contributed by atoms with van der Waals surface area (Å²) in [7, 11) is 0. The van der Waals surface area contributed by atoms with E-state index in [1.807, 2.05) is 11.8 Å². The number of hydrogen-bond donors (Lipinski definition) is 1. The predicted octanol–water partition coefficient (Wildman–Crippen LogP) is 3.80. The lowest BCUT2D eigenvalue weighted by atomic mass is 10.1. The fourth-order valence-electron chi connectivity index (χ4n) is 2.16. The first kappa shape index (κ1) is 13.0. The molecule has 0 saturated heterocycles. The van der Waals surface area contributed by atoms with E-state index in [0.717, 1.165) is 12.5 Å². The third kappa shape index (κ3) is 4.04. The lowest BCUT2D eigenvalue weighted by molar-refractivity contribution is 0.541. The quantitative estimate of drug-likeness (QED) is 0.789. The average Bonchev–Trinajstić information content (AvgIpc) is 3.19. The van der Waals surface area contributed by atoms with Crippen LogP contribution in [0.25, 0.3) is 0 Å². The largest absolute Gasteiger partial charge is 0.309 e. The molecule has 0 heterocycles. The minimum Gasteiger partial charge on any atom is -0.309 e. The van der Waals surface area contributed by atoms with Gasteiger partial charge in [0, 0.05) is 18.3 Å². The van der Waals surface area contributed by atoms with Gasteiger partial charge in [0.05, 0.1) is 0 Å². The van der Waals surface area contributed by atoms with Crippen molar-refractivity contribution in [3.05, 3.63) is 35.4 Å². The van der Waals surface area contributed by atoms with Crippen molar-refractivity contribution in [2.24, 2.45) is 0 Å². The van der Waals surface area contributed by atoms with Gasteiger partial charge in [-0.05, 0) is 42.6 Å². The van der Waals surface area contributed by atoms with Crippen LogP contribution in [0.15, 0.2) is 24.3 Å². The van der Waals surface area contributed by atoms with Crippen molar-refractivity contribution in [3.63, 3.8) is 0 Å². The average molecular weight is 249 g/mol. The molecule has 2 heteroatoms. The molecule has 17 heavy (non-hydrogen) atoms. The van der Waals surface area contributed by atoms with Crippen molar-refractivity contribution in [1.29, 1.82) is 0 Å². The summed E-state index contributed by atoms with van der Waals surface area (Å²) < 4.78 is 0. The summed E-state index contributed by atoms with van der Waals surface area (Å²) >= 11 is 1.92. The maximum atomic E-state index is 3.65. The molecular weight excluding hydrogens is 226 g/mol. The fraction of sp³-hybridized carbons (Fsp3) is 0.600. The van der Waals surface area contributed by atoms with E-state index < -0.39 is 0 Å². The third-order valence-corrected chi connectivity index (χ3v) is 4.19. The lowest BCUT2D eigenvalue weighted by Crippen LogP contribution is -2.30. The number of nitrogens with one attached hydrogen (secondary N) is 1. The SMILES string of the molecule is CCC(CSC)NCc1cccc(C2CC2)c1. The van der Waals surface area contributed by atoms with Crippen LogP contribution >= 0.6 is 11.8 Å².